The van der Waals surface area contributed by atoms with Crippen LogP contribution in [0.5, 0.6) is 0 Å². The molecule has 0 radical (unpaired) electrons. The van der Waals surface area contributed by atoms with Gasteiger partial charge in [0, 0.05) is 11.7 Å². The molecular formula is C18H30N2. The summed E-state index contributed by atoms with van der Waals surface area (Å²) in [6.07, 6.45) is 5.07. The van der Waals surface area contributed by atoms with Gasteiger partial charge >= 0.3 is 0 Å². The number of piperidine rings is 1. The van der Waals surface area contributed by atoms with Crippen molar-refractivity contribution in [2.45, 2.75) is 52.5 Å². The fourth-order valence-corrected chi connectivity index (χ4v) is 3.21. The van der Waals surface area contributed by atoms with Crippen molar-refractivity contribution in [2.24, 2.45) is 5.92 Å². The van der Waals surface area contributed by atoms with Gasteiger partial charge in [-0.1, -0.05) is 32.4 Å². The number of hydrogen-bond acceptors (Lipinski definition) is 2. The van der Waals surface area contributed by atoms with Crippen molar-refractivity contribution in [3.63, 3.8) is 0 Å². The highest BCUT2D eigenvalue weighted by molar-refractivity contribution is 5.45. The molecule has 0 spiro atoms. The lowest BCUT2D eigenvalue weighted by atomic mass is 9.90. The minimum atomic E-state index is 0.575. The monoisotopic (exact) mass is 274 g/mol. The Morgan fingerprint density at radius 2 is 1.80 bits per heavy atom. The first kappa shape index (κ1) is 15.4. The molecule has 1 aromatic carbocycles. The third kappa shape index (κ3) is 4.24. The van der Waals surface area contributed by atoms with E-state index in [2.05, 4.69) is 55.3 Å². The fraction of sp³-hybridized carbons (Fsp3) is 0.667. The highest BCUT2D eigenvalue weighted by Crippen LogP contribution is 2.23. The van der Waals surface area contributed by atoms with E-state index in [9.17, 15) is 0 Å². The van der Waals surface area contributed by atoms with Gasteiger partial charge in [-0.3, -0.25) is 0 Å². The molecule has 20 heavy (non-hydrogen) atoms. The van der Waals surface area contributed by atoms with Crippen molar-refractivity contribution in [1.82, 2.24) is 4.90 Å². The highest BCUT2D eigenvalue weighted by atomic mass is 15.1. The van der Waals surface area contributed by atoms with Crippen molar-refractivity contribution in [2.75, 3.05) is 25.0 Å². The molecule has 2 heteroatoms. The van der Waals surface area contributed by atoms with Gasteiger partial charge in [-0.15, -0.1) is 0 Å². The van der Waals surface area contributed by atoms with E-state index in [1.165, 1.54) is 56.6 Å². The molecule has 1 aromatic rings. The minimum absolute atomic E-state index is 0.575. The van der Waals surface area contributed by atoms with Crippen LogP contribution in [0.3, 0.4) is 0 Å². The standard InChI is InChI=1S/C18H30N2/c1-4-6-16-7-9-18(10-8-16)19-15(3)17-11-13-20(5-2)14-12-17/h7-10,15,17,19H,4-6,11-14H2,1-3H3. The summed E-state index contributed by atoms with van der Waals surface area (Å²) < 4.78 is 0. The average Bonchev–Trinajstić information content (AvgIpc) is 2.49. The number of hydrogen-bond donors (Lipinski definition) is 1. The van der Waals surface area contributed by atoms with Gasteiger partial charge in [0.15, 0.2) is 0 Å². The summed E-state index contributed by atoms with van der Waals surface area (Å²) in [6.45, 7) is 10.6. The van der Waals surface area contributed by atoms with Gasteiger partial charge in [-0.05, 0) is 69.4 Å². The lowest BCUT2D eigenvalue weighted by molar-refractivity contribution is 0.183. The molecule has 1 atom stereocenters. The molecule has 1 heterocycles. The van der Waals surface area contributed by atoms with E-state index < -0.39 is 0 Å². The van der Waals surface area contributed by atoms with E-state index in [1.54, 1.807) is 0 Å². The van der Waals surface area contributed by atoms with Crippen LogP contribution in [0.2, 0.25) is 0 Å². The first-order valence-electron chi connectivity index (χ1n) is 8.30. The quantitative estimate of drug-likeness (QED) is 0.837. The average molecular weight is 274 g/mol. The third-order valence-electron chi connectivity index (χ3n) is 4.67. The predicted octanol–water partition coefficient (Wildman–Crippen LogP) is 4.17. The summed E-state index contributed by atoms with van der Waals surface area (Å²) in [5, 5.41) is 3.70. The van der Waals surface area contributed by atoms with Gasteiger partial charge in [-0.2, -0.15) is 0 Å². The van der Waals surface area contributed by atoms with Gasteiger partial charge < -0.3 is 10.2 Å². The summed E-state index contributed by atoms with van der Waals surface area (Å²) in [7, 11) is 0. The molecule has 0 amide bonds. The van der Waals surface area contributed by atoms with Crippen LogP contribution in [0.25, 0.3) is 0 Å². The van der Waals surface area contributed by atoms with E-state index in [-0.39, 0.29) is 0 Å². The second-order valence-corrected chi connectivity index (χ2v) is 6.15. The Morgan fingerprint density at radius 3 is 2.35 bits per heavy atom. The lowest BCUT2D eigenvalue weighted by Crippen LogP contribution is -2.39. The second kappa shape index (κ2) is 7.68. The zero-order valence-electron chi connectivity index (χ0n) is 13.4. The zero-order chi connectivity index (χ0) is 14.4. The number of nitrogens with one attached hydrogen (secondary N) is 1. The molecule has 2 nitrogen and oxygen atoms in total. The number of aryl methyl sites for hydroxylation is 1. The first-order valence-corrected chi connectivity index (χ1v) is 8.30. The minimum Gasteiger partial charge on any atom is -0.382 e. The number of likely N-dealkylation sites (tertiary alicyclic amines) is 1. The van der Waals surface area contributed by atoms with Gasteiger partial charge in [0.05, 0.1) is 0 Å². The van der Waals surface area contributed by atoms with E-state index in [0.29, 0.717) is 6.04 Å². The lowest BCUT2D eigenvalue weighted by Gasteiger charge is -2.34. The Hall–Kier alpha value is -1.02. The number of anilines is 1. The summed E-state index contributed by atoms with van der Waals surface area (Å²) in [4.78, 5) is 2.56. The molecule has 1 fully saturated rings. The van der Waals surface area contributed by atoms with Crippen LogP contribution in [0, 0.1) is 5.92 Å². The summed E-state index contributed by atoms with van der Waals surface area (Å²) in [6, 6.07) is 9.58. The van der Waals surface area contributed by atoms with E-state index in [4.69, 9.17) is 0 Å². The summed E-state index contributed by atoms with van der Waals surface area (Å²) in [5.74, 6) is 0.813. The van der Waals surface area contributed by atoms with Crippen LogP contribution in [-0.4, -0.2) is 30.6 Å². The third-order valence-corrected chi connectivity index (χ3v) is 4.67. The summed E-state index contributed by atoms with van der Waals surface area (Å²) >= 11 is 0. The van der Waals surface area contributed by atoms with Gasteiger partial charge in [0.1, 0.15) is 0 Å². The van der Waals surface area contributed by atoms with Crippen molar-refractivity contribution >= 4 is 5.69 Å². The Labute approximate surface area is 124 Å². The molecule has 0 aromatic heterocycles. The maximum atomic E-state index is 3.70. The number of rotatable bonds is 6. The van der Waals surface area contributed by atoms with Crippen molar-refractivity contribution < 1.29 is 0 Å². The second-order valence-electron chi connectivity index (χ2n) is 6.15. The molecule has 0 bridgehead atoms. The Morgan fingerprint density at radius 1 is 1.15 bits per heavy atom. The van der Waals surface area contributed by atoms with Gasteiger partial charge in [0.2, 0.25) is 0 Å². The van der Waals surface area contributed by atoms with Crippen molar-refractivity contribution in [1.29, 1.82) is 0 Å². The molecule has 0 aliphatic carbocycles. The van der Waals surface area contributed by atoms with Crippen LogP contribution in [0.15, 0.2) is 24.3 Å². The highest BCUT2D eigenvalue weighted by Gasteiger charge is 2.22. The Kier molecular flexibility index (Phi) is 5.90. The van der Waals surface area contributed by atoms with Crippen LogP contribution in [0.4, 0.5) is 5.69 Å². The molecule has 1 N–H and O–H groups in total. The number of benzene rings is 1. The largest absolute Gasteiger partial charge is 0.382 e. The predicted molar refractivity (Wildman–Crippen MR) is 88.4 cm³/mol. The maximum absolute atomic E-state index is 3.70. The van der Waals surface area contributed by atoms with E-state index in [0.717, 1.165) is 5.92 Å². The van der Waals surface area contributed by atoms with Crippen LogP contribution in [-0.2, 0) is 6.42 Å². The van der Waals surface area contributed by atoms with E-state index in [1.807, 2.05) is 0 Å². The molecular weight excluding hydrogens is 244 g/mol. The molecule has 1 unspecified atom stereocenters. The summed E-state index contributed by atoms with van der Waals surface area (Å²) in [5.41, 5.74) is 2.72. The molecule has 1 aliphatic rings. The molecule has 1 saturated heterocycles. The maximum Gasteiger partial charge on any atom is 0.0342 e. The number of nitrogens with zero attached hydrogens (tertiary/aromatic N) is 1. The van der Waals surface area contributed by atoms with Gasteiger partial charge in [0.25, 0.3) is 0 Å². The normalized spacial score (nSPS) is 18.9. The fourth-order valence-electron chi connectivity index (χ4n) is 3.21. The zero-order valence-corrected chi connectivity index (χ0v) is 13.4. The Balaban J connectivity index is 1.83. The van der Waals surface area contributed by atoms with Crippen LogP contribution >= 0.6 is 0 Å². The van der Waals surface area contributed by atoms with Crippen molar-refractivity contribution in [3.8, 4) is 0 Å². The van der Waals surface area contributed by atoms with Crippen LogP contribution in [0.1, 0.15) is 45.6 Å². The first-order chi connectivity index (χ1) is 9.72. The molecule has 112 valence electrons. The van der Waals surface area contributed by atoms with Crippen molar-refractivity contribution in [3.05, 3.63) is 29.8 Å². The van der Waals surface area contributed by atoms with Crippen LogP contribution < -0.4 is 5.32 Å². The molecule has 1 aliphatic heterocycles. The topological polar surface area (TPSA) is 15.3 Å². The molecule has 2 rings (SSSR count). The van der Waals surface area contributed by atoms with Gasteiger partial charge in [-0.25, -0.2) is 0 Å². The Bertz CT molecular complexity index is 377. The van der Waals surface area contributed by atoms with E-state index >= 15 is 0 Å². The SMILES string of the molecule is CCCc1ccc(NC(C)C2CCN(CC)CC2)cc1. The smallest absolute Gasteiger partial charge is 0.0342 e. The molecule has 0 saturated carbocycles.